The Morgan fingerprint density at radius 3 is 1.65 bits per heavy atom. The Hall–Kier alpha value is -1.57. The van der Waals surface area contributed by atoms with E-state index >= 15 is 0 Å². The van der Waals surface area contributed by atoms with Crippen LogP contribution in [0.5, 0.6) is 0 Å². The van der Waals surface area contributed by atoms with Crippen LogP contribution in [0.25, 0.3) is 21.8 Å². The second-order valence-corrected chi connectivity index (χ2v) is 14.4. The van der Waals surface area contributed by atoms with Gasteiger partial charge in [-0.2, -0.15) is 0 Å². The van der Waals surface area contributed by atoms with Crippen LogP contribution >= 0.6 is 39.1 Å². The Kier molecular flexibility index (Phi) is 17.4. The van der Waals surface area contributed by atoms with Crippen LogP contribution < -0.4 is 56.7 Å². The molecule has 4 aromatic rings. The molecule has 264 valence electrons. The fourth-order valence-corrected chi connectivity index (χ4v) is 6.98. The zero-order valence-electron chi connectivity index (χ0n) is 30.9. The Morgan fingerprint density at radius 2 is 1.24 bits per heavy atom. The summed E-state index contributed by atoms with van der Waals surface area (Å²) in [5, 5.41) is 5.51. The number of methoxy groups -OCH3 is 2. The van der Waals surface area contributed by atoms with Gasteiger partial charge in [-0.1, -0.05) is 23.2 Å². The van der Waals surface area contributed by atoms with Gasteiger partial charge in [-0.25, -0.2) is 14.4 Å². The van der Waals surface area contributed by atoms with Crippen molar-refractivity contribution in [3.63, 3.8) is 0 Å². The van der Waals surface area contributed by atoms with Gasteiger partial charge in [0.15, 0.2) is 0 Å². The first kappa shape index (κ1) is 45.4. The van der Waals surface area contributed by atoms with E-state index in [-0.39, 0.29) is 76.9 Å². The maximum Gasteiger partial charge on any atom is 1.00 e. The first-order valence-electron chi connectivity index (χ1n) is 15.3. The van der Waals surface area contributed by atoms with Crippen molar-refractivity contribution in [1.82, 2.24) is 14.5 Å². The Labute approximate surface area is 351 Å². The van der Waals surface area contributed by atoms with Gasteiger partial charge >= 0.3 is 69.4 Å². The second-order valence-electron chi connectivity index (χ2n) is 12.8. The zero-order valence-corrected chi connectivity index (χ0v) is 37.1. The van der Waals surface area contributed by atoms with E-state index in [0.29, 0.717) is 34.1 Å². The topological polar surface area (TPSA) is 101 Å². The molecule has 0 aliphatic carbocycles. The van der Waals surface area contributed by atoms with Gasteiger partial charge in [-0.05, 0) is 114 Å². The van der Waals surface area contributed by atoms with Crippen molar-refractivity contribution in [3.05, 3.63) is 74.3 Å². The van der Waals surface area contributed by atoms with Gasteiger partial charge in [0.25, 0.3) is 0 Å². The number of rotatable bonds is 7. The minimum Gasteiger partial charge on any atom is -0.465 e. The second kappa shape index (κ2) is 18.8. The summed E-state index contributed by atoms with van der Waals surface area (Å²) in [5.74, 6) is -0.793. The van der Waals surface area contributed by atoms with Gasteiger partial charge in [0.05, 0.1) is 41.0 Å². The van der Waals surface area contributed by atoms with Crippen molar-refractivity contribution in [1.29, 1.82) is 0 Å². The third kappa shape index (κ3) is 10.5. The average Bonchev–Trinajstić information content (AvgIpc) is 3.39. The van der Waals surface area contributed by atoms with Gasteiger partial charge in [-0.15, -0.1) is 0 Å². The van der Waals surface area contributed by atoms with E-state index in [2.05, 4.69) is 58.1 Å². The minimum absolute atomic E-state index is 0. The number of hydrogen-bond donors (Lipinski definition) is 1. The van der Waals surface area contributed by atoms with Gasteiger partial charge in [0.2, 0.25) is 0 Å². The summed E-state index contributed by atoms with van der Waals surface area (Å²) in [6, 6.07) is 7.43. The number of halogens is 3. The number of aromatic nitrogens is 2. The molecule has 4 rings (SSSR count). The molecule has 1 N–H and O–H groups in total. The summed E-state index contributed by atoms with van der Waals surface area (Å²) >= 11 is 16.0. The minimum atomic E-state index is -0.543. The molecular weight excluding hydrogens is 760 g/mol. The summed E-state index contributed by atoms with van der Waals surface area (Å²) in [6.07, 6.45) is 0.145. The molecule has 49 heavy (non-hydrogen) atoms. The molecule has 2 aromatic heterocycles. The number of nitrogens with one attached hydrogen (secondary N) is 1. The summed E-state index contributed by atoms with van der Waals surface area (Å²) in [5.41, 5.74) is 5.26. The van der Waals surface area contributed by atoms with Crippen LogP contribution in [-0.2, 0) is 20.6 Å². The number of aryl methyl sites for hydroxylation is 2. The zero-order chi connectivity index (χ0) is 35.5. The maximum atomic E-state index is 12.3. The molecule has 0 saturated heterocycles. The molecule has 2 heterocycles. The molecule has 9 nitrogen and oxygen atoms in total. The molecule has 1 amide bonds. The molecule has 0 aliphatic rings. The van der Waals surface area contributed by atoms with Crippen molar-refractivity contribution in [2.75, 3.05) is 20.8 Å². The number of alkyl carbamates (subject to hydrolysis) is 1. The number of amides is 1. The SMILES string of the molecule is COC(=O)c1cc(Cl)cc2c1c(C)c(Br)n2C(C)C.COC(=O)c1cc(Cl)cc2c1c(C)c(CCNC(=O)OC(C)(C)C)n2C(C)C.[CH3-].[K+]. The third-order valence-electron chi connectivity index (χ3n) is 7.55. The van der Waals surface area contributed by atoms with Crippen LogP contribution in [0.2, 0.25) is 10.0 Å². The van der Waals surface area contributed by atoms with Crippen LogP contribution in [-0.4, -0.2) is 53.5 Å². The first-order chi connectivity index (χ1) is 21.8. The van der Waals surface area contributed by atoms with E-state index < -0.39 is 17.7 Å². The molecule has 0 spiro atoms. The van der Waals surface area contributed by atoms with E-state index in [1.54, 1.807) is 12.1 Å². The van der Waals surface area contributed by atoms with Crippen LogP contribution in [0.4, 0.5) is 4.79 Å². The van der Waals surface area contributed by atoms with Crippen LogP contribution in [0.3, 0.4) is 0 Å². The number of hydrogen-bond acceptors (Lipinski definition) is 6. The molecule has 2 aromatic carbocycles. The van der Waals surface area contributed by atoms with Crippen LogP contribution in [0, 0.1) is 21.3 Å². The van der Waals surface area contributed by atoms with E-state index in [1.807, 2.05) is 46.8 Å². The average molecular weight is 808 g/mol. The van der Waals surface area contributed by atoms with Crippen LogP contribution in [0.15, 0.2) is 28.9 Å². The van der Waals surface area contributed by atoms with Gasteiger partial charge in [-0.3, -0.25) is 0 Å². The Balaban J connectivity index is 0.000000502. The molecule has 0 aliphatic heterocycles. The molecule has 0 bridgehead atoms. The smallest absolute Gasteiger partial charge is 0.465 e. The van der Waals surface area contributed by atoms with Gasteiger partial charge < -0.3 is 36.1 Å². The molecule has 0 fully saturated rings. The number of carbonyl (C=O) groups is 3. The van der Waals surface area contributed by atoms with Crippen molar-refractivity contribution >= 4 is 79.0 Å². The normalized spacial score (nSPS) is 11.1. The number of nitrogens with zero attached hydrogens (tertiary/aromatic N) is 2. The number of benzene rings is 2. The standard InChI is InChI=1S/C21H29ClN2O4.C14H15BrClNO2.CH3.K/c1-12(2)24-16(8-9-23-20(26)28-21(4,5)6)13(3)18-15(19(25)27-7)10-14(22)11-17(18)24;1-7(2)17-11-6-9(16)5-10(14(18)19-4)12(11)8(3)13(17)15;;/h10-12H,8-9H2,1-7H3,(H,23,26);5-7H,1-4H3;1H3;/q;;-1;+1. The van der Waals surface area contributed by atoms with Crippen molar-refractivity contribution in [3.8, 4) is 0 Å². The fraction of sp³-hybridized carbons (Fsp3) is 0.444. The van der Waals surface area contributed by atoms with E-state index in [9.17, 15) is 14.4 Å². The van der Waals surface area contributed by atoms with Crippen molar-refractivity contribution in [2.45, 2.75) is 86.4 Å². The quantitative estimate of drug-likeness (QED) is 0.0917. The molecule has 13 heteroatoms. The summed E-state index contributed by atoms with van der Waals surface area (Å²) < 4.78 is 20.3. The van der Waals surface area contributed by atoms with Crippen LogP contribution in [0.1, 0.15) is 98.1 Å². The number of fused-ring (bicyclic) bond motifs is 2. The summed E-state index contributed by atoms with van der Waals surface area (Å²) in [6.45, 7) is 18.2. The predicted octanol–water partition coefficient (Wildman–Crippen LogP) is 7.23. The fourth-order valence-electron chi connectivity index (χ4n) is 5.75. The first-order valence-corrected chi connectivity index (χ1v) is 16.8. The van der Waals surface area contributed by atoms with Gasteiger partial charge in [0, 0.05) is 51.6 Å². The Morgan fingerprint density at radius 1 is 0.816 bits per heavy atom. The largest absolute Gasteiger partial charge is 1.00 e. The molecular formula is C36H47BrCl2KN3O6. The number of esters is 2. The molecule has 0 radical (unpaired) electrons. The van der Waals surface area contributed by atoms with E-state index in [4.69, 9.17) is 37.4 Å². The molecule has 0 unspecified atom stereocenters. The number of ether oxygens (including phenoxy) is 3. The van der Waals surface area contributed by atoms with Crippen molar-refractivity contribution in [2.24, 2.45) is 0 Å². The van der Waals surface area contributed by atoms with Gasteiger partial charge in [0.1, 0.15) is 5.60 Å². The summed E-state index contributed by atoms with van der Waals surface area (Å²) in [7, 11) is 2.73. The third-order valence-corrected chi connectivity index (χ3v) is 8.96. The molecule has 0 atom stereocenters. The monoisotopic (exact) mass is 805 g/mol. The van der Waals surface area contributed by atoms with E-state index in [0.717, 1.165) is 43.2 Å². The maximum absolute atomic E-state index is 12.3. The Bertz CT molecular complexity index is 1830. The van der Waals surface area contributed by atoms with Crippen molar-refractivity contribution < 1.29 is 80.0 Å². The summed E-state index contributed by atoms with van der Waals surface area (Å²) in [4.78, 5) is 36.1. The van der Waals surface area contributed by atoms with E-state index in [1.165, 1.54) is 14.2 Å². The predicted molar refractivity (Wildman–Crippen MR) is 199 cm³/mol. The molecule has 0 saturated carbocycles. The number of carbonyl (C=O) groups excluding carboxylic acids is 3.